The van der Waals surface area contributed by atoms with Crippen LogP contribution in [-0.2, 0) is 6.42 Å². The highest BCUT2D eigenvalue weighted by Gasteiger charge is 2.29. The predicted molar refractivity (Wildman–Crippen MR) is 89.0 cm³/mol. The first-order valence-electron chi connectivity index (χ1n) is 8.04. The number of rotatable bonds is 1. The van der Waals surface area contributed by atoms with Gasteiger partial charge in [-0.25, -0.2) is 0 Å². The maximum absolute atomic E-state index is 5.54. The highest BCUT2D eigenvalue weighted by atomic mass is 16.7. The molecule has 2 N–H and O–H groups in total. The number of aromatic amines is 1. The Bertz CT molecular complexity index is 900. The van der Waals surface area contributed by atoms with Crippen molar-refractivity contribution >= 4 is 10.9 Å². The second-order valence-corrected chi connectivity index (χ2v) is 6.38. The van der Waals surface area contributed by atoms with Crippen LogP contribution < -0.4 is 14.8 Å². The number of hydrogen-bond acceptors (Lipinski definition) is 3. The van der Waals surface area contributed by atoms with Crippen LogP contribution in [0.2, 0.25) is 0 Å². The lowest BCUT2D eigenvalue weighted by Gasteiger charge is -2.29. The first kappa shape index (κ1) is 13.0. The fourth-order valence-corrected chi connectivity index (χ4v) is 3.78. The molecule has 0 bridgehead atoms. The van der Waals surface area contributed by atoms with Gasteiger partial charge in [0.15, 0.2) is 11.5 Å². The van der Waals surface area contributed by atoms with Crippen molar-refractivity contribution in [3.63, 3.8) is 0 Å². The standard InChI is InChI=1S/C19H18N2O2/c1-11-8-14-13-4-2-3-5-15(13)21-19(14)18(20-11)12-6-7-16-17(9-12)23-10-22-16/h2-7,9,11,18,20-21H,8,10H2,1H3/t11-,18?/m0/s1. The lowest BCUT2D eigenvalue weighted by atomic mass is 9.91. The SMILES string of the molecule is C[C@H]1Cc2c([nH]c3ccccc23)C(c2ccc3c(c2)OCO3)N1. The third-order valence-electron chi connectivity index (χ3n) is 4.83. The van der Waals surface area contributed by atoms with Gasteiger partial charge < -0.3 is 19.8 Å². The Morgan fingerprint density at radius 2 is 1.91 bits per heavy atom. The lowest BCUT2D eigenvalue weighted by Crippen LogP contribution is -2.37. The molecule has 0 saturated heterocycles. The highest BCUT2D eigenvalue weighted by Crippen LogP contribution is 2.39. The molecular weight excluding hydrogens is 288 g/mol. The number of para-hydroxylation sites is 1. The normalized spacial score (nSPS) is 22.3. The molecule has 1 aromatic heterocycles. The van der Waals surface area contributed by atoms with E-state index in [0.717, 1.165) is 17.9 Å². The van der Waals surface area contributed by atoms with Crippen LogP contribution in [0.5, 0.6) is 11.5 Å². The molecule has 5 rings (SSSR count). The molecule has 0 aliphatic carbocycles. The smallest absolute Gasteiger partial charge is 0.231 e. The molecule has 23 heavy (non-hydrogen) atoms. The molecule has 0 spiro atoms. The molecule has 0 radical (unpaired) electrons. The number of benzene rings is 2. The lowest BCUT2D eigenvalue weighted by molar-refractivity contribution is 0.174. The summed E-state index contributed by atoms with van der Waals surface area (Å²) in [6, 6.07) is 15.3. The number of nitrogens with one attached hydrogen (secondary N) is 2. The Kier molecular flexibility index (Phi) is 2.70. The van der Waals surface area contributed by atoms with E-state index in [1.807, 2.05) is 6.07 Å². The Balaban J connectivity index is 1.67. The van der Waals surface area contributed by atoms with Crippen LogP contribution >= 0.6 is 0 Å². The van der Waals surface area contributed by atoms with Crippen LogP contribution in [0.1, 0.15) is 29.8 Å². The molecule has 0 saturated carbocycles. The van der Waals surface area contributed by atoms with E-state index in [1.165, 1.54) is 27.7 Å². The fourth-order valence-electron chi connectivity index (χ4n) is 3.78. The van der Waals surface area contributed by atoms with Crippen molar-refractivity contribution in [3.05, 3.63) is 59.3 Å². The van der Waals surface area contributed by atoms with E-state index < -0.39 is 0 Å². The molecule has 1 unspecified atom stereocenters. The molecule has 0 fully saturated rings. The zero-order chi connectivity index (χ0) is 15.4. The summed E-state index contributed by atoms with van der Waals surface area (Å²) in [7, 11) is 0. The largest absolute Gasteiger partial charge is 0.454 e. The van der Waals surface area contributed by atoms with Gasteiger partial charge in [0.25, 0.3) is 0 Å². The van der Waals surface area contributed by atoms with E-state index in [2.05, 4.69) is 53.6 Å². The minimum absolute atomic E-state index is 0.149. The van der Waals surface area contributed by atoms with Crippen molar-refractivity contribution < 1.29 is 9.47 Å². The third-order valence-corrected chi connectivity index (χ3v) is 4.83. The van der Waals surface area contributed by atoms with Crippen LogP contribution in [0.15, 0.2) is 42.5 Å². The second-order valence-electron chi connectivity index (χ2n) is 6.38. The number of fused-ring (bicyclic) bond motifs is 4. The van der Waals surface area contributed by atoms with E-state index in [1.54, 1.807) is 0 Å². The number of aromatic nitrogens is 1. The van der Waals surface area contributed by atoms with Gasteiger partial charge in [-0.1, -0.05) is 24.3 Å². The van der Waals surface area contributed by atoms with Gasteiger partial charge in [-0.15, -0.1) is 0 Å². The van der Waals surface area contributed by atoms with Crippen LogP contribution in [0.4, 0.5) is 0 Å². The van der Waals surface area contributed by atoms with Gasteiger partial charge in [-0.3, -0.25) is 0 Å². The van der Waals surface area contributed by atoms with Gasteiger partial charge in [-0.05, 0) is 42.7 Å². The van der Waals surface area contributed by atoms with Crippen molar-refractivity contribution in [2.24, 2.45) is 0 Å². The molecule has 2 aliphatic heterocycles. The second kappa shape index (κ2) is 4.77. The molecule has 3 aromatic rings. The number of ether oxygens (including phenoxy) is 2. The maximum atomic E-state index is 5.54. The molecule has 116 valence electrons. The monoisotopic (exact) mass is 306 g/mol. The van der Waals surface area contributed by atoms with E-state index in [0.29, 0.717) is 12.8 Å². The van der Waals surface area contributed by atoms with Crippen LogP contribution in [0, 0.1) is 0 Å². The van der Waals surface area contributed by atoms with Gasteiger partial charge >= 0.3 is 0 Å². The van der Waals surface area contributed by atoms with Crippen LogP contribution in [-0.4, -0.2) is 17.8 Å². The number of H-pyrrole nitrogens is 1. The van der Waals surface area contributed by atoms with Crippen molar-refractivity contribution in [1.82, 2.24) is 10.3 Å². The summed E-state index contributed by atoms with van der Waals surface area (Å²) in [5.74, 6) is 1.66. The van der Waals surface area contributed by atoms with Gasteiger partial charge in [0.05, 0.1) is 6.04 Å². The molecule has 4 nitrogen and oxygen atoms in total. The average molecular weight is 306 g/mol. The molecule has 0 amide bonds. The minimum Gasteiger partial charge on any atom is -0.454 e. The van der Waals surface area contributed by atoms with Crippen molar-refractivity contribution in [1.29, 1.82) is 0 Å². The minimum atomic E-state index is 0.149. The molecule has 2 atom stereocenters. The zero-order valence-electron chi connectivity index (χ0n) is 12.9. The summed E-state index contributed by atoms with van der Waals surface area (Å²) in [5, 5.41) is 5.05. The summed E-state index contributed by atoms with van der Waals surface area (Å²) >= 11 is 0. The third kappa shape index (κ3) is 1.95. The quantitative estimate of drug-likeness (QED) is 0.723. The summed E-state index contributed by atoms with van der Waals surface area (Å²) < 4.78 is 11.0. The fraction of sp³-hybridized carbons (Fsp3) is 0.263. The Hall–Kier alpha value is -2.46. The Morgan fingerprint density at radius 1 is 1.04 bits per heavy atom. The zero-order valence-corrected chi connectivity index (χ0v) is 12.9. The molecule has 3 heterocycles. The molecule has 2 aromatic carbocycles. The van der Waals surface area contributed by atoms with Crippen LogP contribution in [0.25, 0.3) is 10.9 Å². The summed E-state index contributed by atoms with van der Waals surface area (Å²) in [4.78, 5) is 3.62. The maximum Gasteiger partial charge on any atom is 0.231 e. The Morgan fingerprint density at radius 3 is 2.87 bits per heavy atom. The van der Waals surface area contributed by atoms with Crippen molar-refractivity contribution in [3.8, 4) is 11.5 Å². The predicted octanol–water partition coefficient (Wildman–Crippen LogP) is 3.52. The molecule has 4 heteroatoms. The Labute approximate surface area is 134 Å². The molecule has 2 aliphatic rings. The average Bonchev–Trinajstić information content (AvgIpc) is 3.17. The van der Waals surface area contributed by atoms with Crippen molar-refractivity contribution in [2.45, 2.75) is 25.4 Å². The number of hydrogen-bond donors (Lipinski definition) is 2. The highest BCUT2D eigenvalue weighted by molar-refractivity contribution is 5.85. The first-order valence-corrected chi connectivity index (χ1v) is 8.04. The first-order chi connectivity index (χ1) is 11.3. The summed E-state index contributed by atoms with van der Waals surface area (Å²) in [5.41, 5.74) is 5.10. The van der Waals surface area contributed by atoms with E-state index in [4.69, 9.17) is 9.47 Å². The topological polar surface area (TPSA) is 46.3 Å². The van der Waals surface area contributed by atoms with Crippen molar-refractivity contribution in [2.75, 3.05) is 6.79 Å². The van der Waals surface area contributed by atoms with E-state index in [-0.39, 0.29) is 6.04 Å². The van der Waals surface area contributed by atoms with Gasteiger partial charge in [-0.2, -0.15) is 0 Å². The van der Waals surface area contributed by atoms with Gasteiger partial charge in [0.2, 0.25) is 6.79 Å². The summed E-state index contributed by atoms with van der Waals surface area (Å²) in [6.07, 6.45) is 1.04. The summed E-state index contributed by atoms with van der Waals surface area (Å²) in [6.45, 7) is 2.55. The molecular formula is C19H18N2O2. The van der Waals surface area contributed by atoms with Gasteiger partial charge in [0.1, 0.15) is 0 Å². The van der Waals surface area contributed by atoms with Crippen LogP contribution in [0.3, 0.4) is 0 Å². The van der Waals surface area contributed by atoms with E-state index in [9.17, 15) is 0 Å². The van der Waals surface area contributed by atoms with E-state index >= 15 is 0 Å². The van der Waals surface area contributed by atoms with Gasteiger partial charge in [0, 0.05) is 22.6 Å².